The number of carbonyl (C=O) groups excluding carboxylic acids is 1. The third-order valence-corrected chi connectivity index (χ3v) is 3.08. The fourth-order valence-electron chi connectivity index (χ4n) is 1.33. The molecule has 0 saturated carbocycles. The van der Waals surface area contributed by atoms with Crippen LogP contribution in [0.3, 0.4) is 0 Å². The second-order valence-electron chi connectivity index (χ2n) is 3.61. The molecule has 0 aliphatic heterocycles. The molecule has 0 radical (unpaired) electrons. The molecule has 0 aliphatic rings. The van der Waals surface area contributed by atoms with Gasteiger partial charge in [0.1, 0.15) is 19.2 Å². The summed E-state index contributed by atoms with van der Waals surface area (Å²) >= 11 is 3.42. The van der Waals surface area contributed by atoms with E-state index in [1.807, 2.05) is 25.1 Å². The standard InChI is InChI=1S/C11H11BrN4O/c1-8-2-3-9(4-10(8)12)15-11(17)5-16-7-13-6-14-16/h2-4,6-7H,5H2,1H3,(H,15,17). The lowest BCUT2D eigenvalue weighted by Gasteiger charge is -2.06. The minimum absolute atomic E-state index is 0.133. The zero-order chi connectivity index (χ0) is 12.3. The highest BCUT2D eigenvalue weighted by Gasteiger charge is 2.04. The van der Waals surface area contributed by atoms with Crippen LogP contribution in [-0.2, 0) is 11.3 Å². The van der Waals surface area contributed by atoms with E-state index in [1.165, 1.54) is 17.3 Å². The van der Waals surface area contributed by atoms with Crippen molar-refractivity contribution >= 4 is 27.5 Å². The maximum atomic E-state index is 11.7. The van der Waals surface area contributed by atoms with Crippen LogP contribution >= 0.6 is 15.9 Å². The smallest absolute Gasteiger partial charge is 0.246 e. The van der Waals surface area contributed by atoms with Crippen molar-refractivity contribution in [2.75, 3.05) is 5.32 Å². The summed E-state index contributed by atoms with van der Waals surface area (Å²) in [6.07, 6.45) is 2.90. The van der Waals surface area contributed by atoms with E-state index < -0.39 is 0 Å². The van der Waals surface area contributed by atoms with E-state index in [2.05, 4.69) is 31.3 Å². The molecule has 0 spiro atoms. The summed E-state index contributed by atoms with van der Waals surface area (Å²) in [4.78, 5) is 15.4. The SMILES string of the molecule is Cc1ccc(NC(=O)Cn2cncn2)cc1Br. The number of hydrogen-bond acceptors (Lipinski definition) is 3. The number of aryl methyl sites for hydroxylation is 1. The molecule has 0 aliphatic carbocycles. The van der Waals surface area contributed by atoms with Crippen molar-refractivity contribution in [2.24, 2.45) is 0 Å². The van der Waals surface area contributed by atoms with Crippen LogP contribution in [0.15, 0.2) is 35.3 Å². The van der Waals surface area contributed by atoms with E-state index in [4.69, 9.17) is 0 Å². The number of aromatic nitrogens is 3. The first-order chi connectivity index (χ1) is 8.15. The largest absolute Gasteiger partial charge is 0.324 e. The van der Waals surface area contributed by atoms with E-state index in [0.717, 1.165) is 15.7 Å². The predicted molar refractivity (Wildman–Crippen MR) is 67.5 cm³/mol. The Hall–Kier alpha value is -1.69. The summed E-state index contributed by atoms with van der Waals surface area (Å²) in [6, 6.07) is 5.67. The Balaban J connectivity index is 2.00. The van der Waals surface area contributed by atoms with Gasteiger partial charge < -0.3 is 5.32 Å². The number of benzene rings is 1. The molecule has 6 heteroatoms. The van der Waals surface area contributed by atoms with Gasteiger partial charge in [0.15, 0.2) is 0 Å². The van der Waals surface area contributed by atoms with Gasteiger partial charge in [-0.25, -0.2) is 9.67 Å². The monoisotopic (exact) mass is 294 g/mol. The summed E-state index contributed by atoms with van der Waals surface area (Å²) in [7, 11) is 0. The van der Waals surface area contributed by atoms with Crippen LogP contribution in [0.5, 0.6) is 0 Å². The van der Waals surface area contributed by atoms with E-state index in [9.17, 15) is 4.79 Å². The molecular formula is C11H11BrN4O. The van der Waals surface area contributed by atoms with Gasteiger partial charge in [-0.2, -0.15) is 5.10 Å². The van der Waals surface area contributed by atoms with Gasteiger partial charge in [-0.15, -0.1) is 0 Å². The van der Waals surface area contributed by atoms with Crippen LogP contribution in [0.4, 0.5) is 5.69 Å². The van der Waals surface area contributed by atoms with Crippen molar-refractivity contribution < 1.29 is 4.79 Å². The Morgan fingerprint density at radius 3 is 3.00 bits per heavy atom. The van der Waals surface area contributed by atoms with Gasteiger partial charge in [0.25, 0.3) is 0 Å². The number of nitrogens with zero attached hydrogens (tertiary/aromatic N) is 3. The number of nitrogens with one attached hydrogen (secondary N) is 1. The second kappa shape index (κ2) is 5.09. The number of carbonyl (C=O) groups is 1. The van der Waals surface area contributed by atoms with Gasteiger partial charge in [-0.3, -0.25) is 4.79 Å². The van der Waals surface area contributed by atoms with Gasteiger partial charge in [0, 0.05) is 10.2 Å². The van der Waals surface area contributed by atoms with Gasteiger partial charge in [0.05, 0.1) is 0 Å². The topological polar surface area (TPSA) is 59.8 Å². The molecule has 1 N–H and O–H groups in total. The highest BCUT2D eigenvalue weighted by Crippen LogP contribution is 2.20. The molecule has 17 heavy (non-hydrogen) atoms. The number of amides is 1. The highest BCUT2D eigenvalue weighted by molar-refractivity contribution is 9.10. The first kappa shape index (κ1) is 11.8. The molecule has 1 amide bonds. The average molecular weight is 295 g/mol. The fraction of sp³-hybridized carbons (Fsp3) is 0.182. The van der Waals surface area contributed by atoms with Crippen LogP contribution in [-0.4, -0.2) is 20.7 Å². The van der Waals surface area contributed by atoms with Crippen molar-refractivity contribution in [2.45, 2.75) is 13.5 Å². The van der Waals surface area contributed by atoms with Crippen molar-refractivity contribution in [3.05, 3.63) is 40.9 Å². The van der Waals surface area contributed by atoms with Crippen LogP contribution in [0.2, 0.25) is 0 Å². The van der Waals surface area contributed by atoms with Gasteiger partial charge in [-0.05, 0) is 24.6 Å². The molecule has 2 aromatic rings. The molecule has 0 atom stereocenters. The molecule has 5 nitrogen and oxygen atoms in total. The quantitative estimate of drug-likeness (QED) is 0.942. The lowest BCUT2D eigenvalue weighted by molar-refractivity contribution is -0.116. The first-order valence-electron chi connectivity index (χ1n) is 5.03. The summed E-state index contributed by atoms with van der Waals surface area (Å²) in [5.41, 5.74) is 1.88. The predicted octanol–water partition coefficient (Wildman–Crippen LogP) is 1.99. The molecule has 1 aromatic carbocycles. The van der Waals surface area contributed by atoms with Gasteiger partial charge in [-0.1, -0.05) is 22.0 Å². The summed E-state index contributed by atoms with van der Waals surface area (Å²) < 4.78 is 2.44. The maximum Gasteiger partial charge on any atom is 0.246 e. The number of halogens is 1. The highest BCUT2D eigenvalue weighted by atomic mass is 79.9. The molecular weight excluding hydrogens is 284 g/mol. The van der Waals surface area contributed by atoms with E-state index >= 15 is 0 Å². The van der Waals surface area contributed by atoms with E-state index in [0.29, 0.717) is 0 Å². The molecule has 1 heterocycles. The van der Waals surface area contributed by atoms with Crippen LogP contribution < -0.4 is 5.32 Å². The van der Waals surface area contributed by atoms with E-state index in [-0.39, 0.29) is 12.5 Å². The Kier molecular flexibility index (Phi) is 3.53. The summed E-state index contributed by atoms with van der Waals surface area (Å²) in [6.45, 7) is 2.15. The first-order valence-corrected chi connectivity index (χ1v) is 5.83. The van der Waals surface area contributed by atoms with Gasteiger partial charge in [0.2, 0.25) is 5.91 Å². The molecule has 0 saturated heterocycles. The molecule has 0 bridgehead atoms. The molecule has 2 rings (SSSR count). The number of rotatable bonds is 3. The minimum Gasteiger partial charge on any atom is -0.324 e. The minimum atomic E-state index is -0.133. The molecule has 88 valence electrons. The molecule has 1 aromatic heterocycles. The summed E-state index contributed by atoms with van der Waals surface area (Å²) in [5, 5.41) is 6.66. The maximum absolute atomic E-state index is 11.7. The molecule has 0 unspecified atom stereocenters. The second-order valence-corrected chi connectivity index (χ2v) is 4.46. The van der Waals surface area contributed by atoms with Crippen LogP contribution in [0, 0.1) is 6.92 Å². The Morgan fingerprint density at radius 1 is 1.53 bits per heavy atom. The summed E-state index contributed by atoms with van der Waals surface area (Å²) in [5.74, 6) is -0.133. The third-order valence-electron chi connectivity index (χ3n) is 2.23. The lowest BCUT2D eigenvalue weighted by Crippen LogP contribution is -2.19. The Bertz CT molecular complexity index is 524. The lowest BCUT2D eigenvalue weighted by atomic mass is 10.2. The van der Waals surface area contributed by atoms with Crippen molar-refractivity contribution in [1.82, 2.24) is 14.8 Å². The Morgan fingerprint density at radius 2 is 2.35 bits per heavy atom. The van der Waals surface area contributed by atoms with Crippen molar-refractivity contribution in [3.8, 4) is 0 Å². The van der Waals surface area contributed by atoms with Crippen molar-refractivity contribution in [1.29, 1.82) is 0 Å². The fourth-order valence-corrected chi connectivity index (χ4v) is 1.71. The zero-order valence-corrected chi connectivity index (χ0v) is 10.8. The normalized spacial score (nSPS) is 10.2. The van der Waals surface area contributed by atoms with Crippen LogP contribution in [0.25, 0.3) is 0 Å². The third kappa shape index (κ3) is 3.13. The van der Waals surface area contributed by atoms with Gasteiger partial charge >= 0.3 is 0 Å². The molecule has 0 fully saturated rings. The average Bonchev–Trinajstić information content (AvgIpc) is 2.76. The number of hydrogen-bond donors (Lipinski definition) is 1. The number of anilines is 1. The van der Waals surface area contributed by atoms with Crippen LogP contribution in [0.1, 0.15) is 5.56 Å². The van der Waals surface area contributed by atoms with E-state index in [1.54, 1.807) is 0 Å². The zero-order valence-electron chi connectivity index (χ0n) is 9.22. The van der Waals surface area contributed by atoms with Crippen molar-refractivity contribution in [3.63, 3.8) is 0 Å². The Labute approximate surface area is 107 Å².